The van der Waals surface area contributed by atoms with Crippen molar-refractivity contribution in [2.45, 2.75) is 45.4 Å². The van der Waals surface area contributed by atoms with E-state index in [1.165, 1.54) is 12.8 Å². The van der Waals surface area contributed by atoms with Gasteiger partial charge < -0.3 is 15.8 Å². The first kappa shape index (κ1) is 17.0. The number of unbranched alkanes of at least 4 members (excludes halogenated alkanes) is 1. The van der Waals surface area contributed by atoms with Crippen LogP contribution in [0.3, 0.4) is 0 Å². The molecule has 0 aromatic carbocycles. The highest BCUT2D eigenvalue weighted by atomic mass is 16.5. The van der Waals surface area contributed by atoms with Gasteiger partial charge in [-0.1, -0.05) is 13.3 Å². The molecule has 1 aromatic heterocycles. The Labute approximate surface area is 143 Å². The van der Waals surface area contributed by atoms with Gasteiger partial charge in [0.05, 0.1) is 13.0 Å². The fourth-order valence-corrected chi connectivity index (χ4v) is 3.31. The molecule has 2 aliphatic heterocycles. The summed E-state index contributed by atoms with van der Waals surface area (Å²) in [6, 6.07) is 0.277. The van der Waals surface area contributed by atoms with E-state index >= 15 is 0 Å². The molecule has 1 unspecified atom stereocenters. The van der Waals surface area contributed by atoms with Crippen LogP contribution in [0.2, 0.25) is 0 Å². The molecule has 24 heavy (non-hydrogen) atoms. The molecular weight excluding hydrogens is 306 g/mol. The van der Waals surface area contributed by atoms with Crippen molar-refractivity contribution < 1.29 is 9.53 Å². The van der Waals surface area contributed by atoms with Crippen LogP contribution in [-0.4, -0.2) is 42.1 Å². The quantitative estimate of drug-likeness (QED) is 0.735. The van der Waals surface area contributed by atoms with Crippen LogP contribution < -0.4 is 20.7 Å². The fraction of sp³-hybridized carbons (Fsp3) is 0.706. The van der Waals surface area contributed by atoms with Crippen molar-refractivity contribution in [2.24, 2.45) is 5.92 Å². The molecule has 7 heteroatoms. The van der Waals surface area contributed by atoms with E-state index in [-0.39, 0.29) is 11.9 Å². The number of fused-ring (bicyclic) bond motifs is 1. The lowest BCUT2D eigenvalue weighted by Gasteiger charge is -2.25. The molecule has 7 nitrogen and oxygen atoms in total. The molecule has 3 rings (SSSR count). The molecule has 1 fully saturated rings. The van der Waals surface area contributed by atoms with E-state index in [4.69, 9.17) is 10.5 Å². The SMILES string of the molecule is CCCCOc1nc(N)c2c(n1)N(CCC1CCCNC1)C(=O)C2. The zero-order chi connectivity index (χ0) is 16.9. The van der Waals surface area contributed by atoms with E-state index in [0.717, 1.165) is 37.9 Å². The zero-order valence-corrected chi connectivity index (χ0v) is 14.4. The third kappa shape index (κ3) is 3.77. The van der Waals surface area contributed by atoms with E-state index in [1.54, 1.807) is 4.90 Å². The van der Waals surface area contributed by atoms with Crippen molar-refractivity contribution >= 4 is 17.5 Å². The second kappa shape index (κ2) is 7.79. The summed E-state index contributed by atoms with van der Waals surface area (Å²) in [6.45, 7) is 5.48. The van der Waals surface area contributed by atoms with Gasteiger partial charge in [0.1, 0.15) is 11.6 Å². The number of hydrogen-bond donors (Lipinski definition) is 2. The minimum absolute atomic E-state index is 0.0560. The smallest absolute Gasteiger partial charge is 0.320 e. The number of aromatic nitrogens is 2. The Bertz CT molecular complexity index is 587. The number of hydrogen-bond acceptors (Lipinski definition) is 6. The summed E-state index contributed by atoms with van der Waals surface area (Å²) < 4.78 is 5.58. The molecule has 3 heterocycles. The molecule has 1 aromatic rings. The molecule has 2 aliphatic rings. The highest BCUT2D eigenvalue weighted by Gasteiger charge is 2.32. The van der Waals surface area contributed by atoms with Crippen molar-refractivity contribution in [1.29, 1.82) is 0 Å². The van der Waals surface area contributed by atoms with Crippen LogP contribution in [0, 0.1) is 5.92 Å². The van der Waals surface area contributed by atoms with Crippen LogP contribution in [0.4, 0.5) is 11.6 Å². The number of carbonyl (C=O) groups excluding carboxylic acids is 1. The molecule has 1 amide bonds. The lowest BCUT2D eigenvalue weighted by Crippen LogP contribution is -2.34. The molecule has 0 saturated carbocycles. The van der Waals surface area contributed by atoms with Gasteiger partial charge in [-0.05, 0) is 44.7 Å². The maximum absolute atomic E-state index is 12.4. The van der Waals surface area contributed by atoms with Gasteiger partial charge in [-0.15, -0.1) is 0 Å². The van der Waals surface area contributed by atoms with Gasteiger partial charge in [-0.25, -0.2) is 0 Å². The van der Waals surface area contributed by atoms with Crippen LogP contribution in [0.25, 0.3) is 0 Å². The molecule has 0 aliphatic carbocycles. The number of carbonyl (C=O) groups is 1. The van der Waals surface area contributed by atoms with Gasteiger partial charge in [0, 0.05) is 12.1 Å². The minimum atomic E-state index is 0.0560. The van der Waals surface area contributed by atoms with Crippen LogP contribution in [-0.2, 0) is 11.2 Å². The molecule has 0 radical (unpaired) electrons. The first-order valence-electron chi connectivity index (χ1n) is 8.99. The second-order valence-electron chi connectivity index (χ2n) is 6.62. The molecule has 3 N–H and O–H groups in total. The van der Waals surface area contributed by atoms with Gasteiger partial charge in [0.2, 0.25) is 5.91 Å². The van der Waals surface area contributed by atoms with Crippen LogP contribution in [0.1, 0.15) is 44.6 Å². The van der Waals surface area contributed by atoms with Crippen molar-refractivity contribution in [3.8, 4) is 6.01 Å². The van der Waals surface area contributed by atoms with Crippen LogP contribution >= 0.6 is 0 Å². The van der Waals surface area contributed by atoms with E-state index in [2.05, 4.69) is 22.2 Å². The summed E-state index contributed by atoms with van der Waals surface area (Å²) >= 11 is 0. The Morgan fingerprint density at radius 1 is 1.42 bits per heavy atom. The summed E-state index contributed by atoms with van der Waals surface area (Å²) in [7, 11) is 0. The molecular formula is C17H27N5O2. The Morgan fingerprint density at radius 3 is 3.04 bits per heavy atom. The summed E-state index contributed by atoms with van der Waals surface area (Å²) in [5.41, 5.74) is 6.76. The number of amides is 1. The van der Waals surface area contributed by atoms with E-state index < -0.39 is 0 Å². The third-order valence-corrected chi connectivity index (χ3v) is 4.77. The van der Waals surface area contributed by atoms with Gasteiger partial charge in [-0.2, -0.15) is 9.97 Å². The van der Waals surface area contributed by atoms with Gasteiger partial charge in [0.15, 0.2) is 0 Å². The van der Waals surface area contributed by atoms with E-state index in [0.29, 0.717) is 37.1 Å². The molecule has 0 spiro atoms. The molecule has 0 bridgehead atoms. The maximum atomic E-state index is 12.4. The first-order chi connectivity index (χ1) is 11.7. The number of nitrogens with one attached hydrogen (secondary N) is 1. The lowest BCUT2D eigenvalue weighted by atomic mass is 9.96. The lowest BCUT2D eigenvalue weighted by molar-refractivity contribution is -0.117. The number of rotatable bonds is 7. The van der Waals surface area contributed by atoms with Crippen molar-refractivity contribution in [3.63, 3.8) is 0 Å². The van der Waals surface area contributed by atoms with E-state index in [1.807, 2.05) is 0 Å². The highest BCUT2D eigenvalue weighted by Crippen LogP contribution is 2.32. The van der Waals surface area contributed by atoms with Crippen LogP contribution in [0.15, 0.2) is 0 Å². The number of nitrogens with two attached hydrogens (primary N) is 1. The predicted molar refractivity (Wildman–Crippen MR) is 93.1 cm³/mol. The third-order valence-electron chi connectivity index (χ3n) is 4.77. The Kier molecular flexibility index (Phi) is 5.50. The largest absolute Gasteiger partial charge is 0.463 e. The Balaban J connectivity index is 1.69. The summed E-state index contributed by atoms with van der Waals surface area (Å²) in [4.78, 5) is 22.8. The standard InChI is InChI=1S/C17H27N5O2/c1-2-3-9-24-17-20-15(18)13-10-14(23)22(16(13)21-17)8-6-12-5-4-7-19-11-12/h12,19H,2-11H2,1H3,(H2,18,20,21). The average Bonchev–Trinajstić information content (AvgIpc) is 2.90. The highest BCUT2D eigenvalue weighted by molar-refractivity contribution is 6.01. The fourth-order valence-electron chi connectivity index (χ4n) is 3.31. The minimum Gasteiger partial charge on any atom is -0.463 e. The summed E-state index contributed by atoms with van der Waals surface area (Å²) in [5, 5.41) is 3.42. The topological polar surface area (TPSA) is 93.4 Å². The molecule has 1 saturated heterocycles. The monoisotopic (exact) mass is 333 g/mol. The number of nitrogens with zero attached hydrogens (tertiary/aromatic N) is 3. The van der Waals surface area contributed by atoms with Gasteiger partial charge in [-0.3, -0.25) is 9.69 Å². The number of anilines is 2. The number of ether oxygens (including phenoxy) is 1. The predicted octanol–water partition coefficient (Wildman–Crippen LogP) is 1.52. The molecule has 1 atom stereocenters. The number of piperidine rings is 1. The van der Waals surface area contributed by atoms with Crippen molar-refractivity contribution in [3.05, 3.63) is 5.56 Å². The normalized spacial score (nSPS) is 20.3. The number of nitrogen functional groups attached to an aromatic ring is 1. The van der Waals surface area contributed by atoms with Crippen molar-refractivity contribution in [2.75, 3.05) is 36.9 Å². The Morgan fingerprint density at radius 2 is 2.29 bits per heavy atom. The van der Waals surface area contributed by atoms with Gasteiger partial charge >= 0.3 is 6.01 Å². The first-order valence-corrected chi connectivity index (χ1v) is 8.99. The summed E-state index contributed by atoms with van der Waals surface area (Å²) in [5.74, 6) is 1.68. The van der Waals surface area contributed by atoms with Crippen LogP contribution in [0.5, 0.6) is 6.01 Å². The second-order valence-corrected chi connectivity index (χ2v) is 6.62. The van der Waals surface area contributed by atoms with Gasteiger partial charge in [0.25, 0.3) is 0 Å². The average molecular weight is 333 g/mol. The summed E-state index contributed by atoms with van der Waals surface area (Å²) in [6.07, 6.45) is 5.69. The molecule has 132 valence electrons. The zero-order valence-electron chi connectivity index (χ0n) is 14.4. The van der Waals surface area contributed by atoms with E-state index in [9.17, 15) is 4.79 Å². The Hall–Kier alpha value is -1.89. The maximum Gasteiger partial charge on any atom is 0.320 e. The van der Waals surface area contributed by atoms with Crippen molar-refractivity contribution in [1.82, 2.24) is 15.3 Å².